The number of hydrogen-bond acceptors (Lipinski definition) is 3. The standard InChI is InChI=1S/C13H18ClN3O/c1-13(2)7-4-8-17(13)10-6-3-5-9(14)11(10)12(15)16-18/h3,5-6,18H,4,7-8H2,1-2H3,(H2,15,16). The van der Waals surface area contributed by atoms with E-state index in [1.54, 1.807) is 6.07 Å². The summed E-state index contributed by atoms with van der Waals surface area (Å²) in [5, 5.41) is 12.5. The third kappa shape index (κ3) is 2.12. The number of hydrogen-bond donors (Lipinski definition) is 2. The molecule has 1 heterocycles. The van der Waals surface area contributed by atoms with Crippen molar-refractivity contribution in [1.29, 1.82) is 0 Å². The molecule has 0 aliphatic carbocycles. The third-order valence-corrected chi connectivity index (χ3v) is 3.86. The van der Waals surface area contributed by atoms with Crippen LogP contribution >= 0.6 is 11.6 Å². The molecule has 0 bridgehead atoms. The van der Waals surface area contributed by atoms with Crippen molar-refractivity contribution in [3.8, 4) is 0 Å². The molecule has 1 aromatic rings. The zero-order chi connectivity index (χ0) is 13.3. The molecule has 1 aromatic carbocycles. The van der Waals surface area contributed by atoms with E-state index in [4.69, 9.17) is 22.5 Å². The van der Waals surface area contributed by atoms with Gasteiger partial charge in [-0.1, -0.05) is 22.8 Å². The highest BCUT2D eigenvalue weighted by atomic mass is 35.5. The highest BCUT2D eigenvalue weighted by Crippen LogP contribution is 2.37. The maximum absolute atomic E-state index is 8.90. The molecule has 2 rings (SSSR count). The van der Waals surface area contributed by atoms with E-state index in [2.05, 4.69) is 23.9 Å². The largest absolute Gasteiger partial charge is 0.409 e. The van der Waals surface area contributed by atoms with Gasteiger partial charge in [-0.3, -0.25) is 0 Å². The maximum Gasteiger partial charge on any atom is 0.173 e. The van der Waals surface area contributed by atoms with Crippen molar-refractivity contribution in [3.63, 3.8) is 0 Å². The van der Waals surface area contributed by atoms with E-state index >= 15 is 0 Å². The van der Waals surface area contributed by atoms with Crippen LogP contribution in [0, 0.1) is 0 Å². The molecule has 3 N–H and O–H groups in total. The Bertz CT molecular complexity index is 485. The number of rotatable bonds is 2. The fourth-order valence-corrected chi connectivity index (χ4v) is 2.86. The van der Waals surface area contributed by atoms with Crippen LogP contribution in [0.1, 0.15) is 32.3 Å². The summed E-state index contributed by atoms with van der Waals surface area (Å²) in [6, 6.07) is 5.61. The van der Waals surface area contributed by atoms with Crippen molar-refractivity contribution in [2.45, 2.75) is 32.2 Å². The van der Waals surface area contributed by atoms with Crippen LogP contribution in [0.3, 0.4) is 0 Å². The van der Waals surface area contributed by atoms with Gasteiger partial charge in [-0.05, 0) is 38.8 Å². The molecule has 0 spiro atoms. The van der Waals surface area contributed by atoms with Gasteiger partial charge in [0.1, 0.15) is 0 Å². The molecule has 0 radical (unpaired) electrons. The van der Waals surface area contributed by atoms with Gasteiger partial charge < -0.3 is 15.8 Å². The highest BCUT2D eigenvalue weighted by Gasteiger charge is 2.34. The normalized spacial score (nSPS) is 19.3. The SMILES string of the molecule is CC1(C)CCCN1c1cccc(Cl)c1C(N)=NO. The van der Waals surface area contributed by atoms with E-state index in [9.17, 15) is 0 Å². The minimum absolute atomic E-state index is 0.0540. The van der Waals surface area contributed by atoms with Crippen molar-refractivity contribution in [2.24, 2.45) is 10.9 Å². The van der Waals surface area contributed by atoms with Gasteiger partial charge in [0.25, 0.3) is 0 Å². The summed E-state index contributed by atoms with van der Waals surface area (Å²) in [5.41, 5.74) is 7.34. The predicted octanol–water partition coefficient (Wildman–Crippen LogP) is 2.81. The molecule has 0 saturated carbocycles. The molecule has 5 heteroatoms. The number of anilines is 1. The average molecular weight is 268 g/mol. The number of nitrogens with zero attached hydrogens (tertiary/aromatic N) is 2. The first-order valence-electron chi connectivity index (χ1n) is 6.01. The minimum atomic E-state index is 0.0540. The Kier molecular flexibility index (Phi) is 3.39. The van der Waals surface area contributed by atoms with Gasteiger partial charge in [-0.15, -0.1) is 0 Å². The molecular formula is C13H18ClN3O. The van der Waals surface area contributed by atoms with E-state index in [-0.39, 0.29) is 11.4 Å². The van der Waals surface area contributed by atoms with Gasteiger partial charge in [0.2, 0.25) is 0 Å². The molecule has 4 nitrogen and oxygen atoms in total. The van der Waals surface area contributed by atoms with Crippen LogP contribution < -0.4 is 10.6 Å². The topological polar surface area (TPSA) is 61.8 Å². The number of nitrogens with two attached hydrogens (primary N) is 1. The van der Waals surface area contributed by atoms with Gasteiger partial charge in [-0.25, -0.2) is 0 Å². The quantitative estimate of drug-likeness (QED) is 0.375. The second-order valence-corrected chi connectivity index (χ2v) is 5.59. The van der Waals surface area contributed by atoms with Gasteiger partial charge in [0, 0.05) is 17.8 Å². The van der Waals surface area contributed by atoms with E-state index in [1.807, 2.05) is 12.1 Å². The van der Waals surface area contributed by atoms with Crippen LogP contribution in [0.5, 0.6) is 0 Å². The Morgan fingerprint density at radius 1 is 1.50 bits per heavy atom. The Morgan fingerprint density at radius 3 is 2.78 bits per heavy atom. The fraction of sp³-hybridized carbons (Fsp3) is 0.462. The predicted molar refractivity (Wildman–Crippen MR) is 74.6 cm³/mol. The highest BCUT2D eigenvalue weighted by molar-refractivity contribution is 6.34. The lowest BCUT2D eigenvalue weighted by Crippen LogP contribution is -2.39. The Balaban J connectivity index is 2.55. The Morgan fingerprint density at radius 2 is 2.22 bits per heavy atom. The monoisotopic (exact) mass is 267 g/mol. The van der Waals surface area contributed by atoms with Gasteiger partial charge in [0.15, 0.2) is 5.84 Å². The minimum Gasteiger partial charge on any atom is -0.409 e. The van der Waals surface area contributed by atoms with Crippen LogP contribution in [0.15, 0.2) is 23.4 Å². The summed E-state index contributed by atoms with van der Waals surface area (Å²) in [6.07, 6.45) is 2.25. The van der Waals surface area contributed by atoms with E-state index in [0.29, 0.717) is 10.6 Å². The molecule has 18 heavy (non-hydrogen) atoms. The summed E-state index contributed by atoms with van der Waals surface area (Å²) < 4.78 is 0. The molecule has 1 saturated heterocycles. The van der Waals surface area contributed by atoms with Crippen LogP contribution in [0.25, 0.3) is 0 Å². The lowest BCUT2D eigenvalue weighted by Gasteiger charge is -2.35. The number of oxime groups is 1. The number of benzene rings is 1. The summed E-state index contributed by atoms with van der Waals surface area (Å²) in [4.78, 5) is 2.27. The molecule has 1 fully saturated rings. The summed E-state index contributed by atoms with van der Waals surface area (Å²) in [7, 11) is 0. The van der Waals surface area contributed by atoms with Gasteiger partial charge in [-0.2, -0.15) is 0 Å². The van der Waals surface area contributed by atoms with Crippen molar-refractivity contribution in [2.75, 3.05) is 11.4 Å². The molecule has 0 aromatic heterocycles. The van der Waals surface area contributed by atoms with Gasteiger partial charge >= 0.3 is 0 Å². The van der Waals surface area contributed by atoms with Crippen LogP contribution in [-0.2, 0) is 0 Å². The fourth-order valence-electron chi connectivity index (χ4n) is 2.60. The first-order valence-corrected chi connectivity index (χ1v) is 6.39. The van der Waals surface area contributed by atoms with Gasteiger partial charge in [0.05, 0.1) is 10.6 Å². The molecule has 0 amide bonds. The third-order valence-electron chi connectivity index (χ3n) is 3.55. The first kappa shape index (κ1) is 13.0. The van der Waals surface area contributed by atoms with Crippen molar-refractivity contribution in [1.82, 2.24) is 0 Å². The van der Waals surface area contributed by atoms with Crippen molar-refractivity contribution in [3.05, 3.63) is 28.8 Å². The Labute approximate surface area is 112 Å². The molecule has 98 valence electrons. The average Bonchev–Trinajstić information content (AvgIpc) is 2.67. The zero-order valence-electron chi connectivity index (χ0n) is 10.7. The van der Waals surface area contributed by atoms with E-state index < -0.39 is 0 Å². The molecular weight excluding hydrogens is 250 g/mol. The number of amidine groups is 1. The summed E-state index contributed by atoms with van der Waals surface area (Å²) >= 11 is 6.18. The van der Waals surface area contributed by atoms with Crippen LogP contribution in [0.4, 0.5) is 5.69 Å². The van der Waals surface area contributed by atoms with Crippen molar-refractivity contribution >= 4 is 23.1 Å². The van der Waals surface area contributed by atoms with Crippen LogP contribution in [-0.4, -0.2) is 23.1 Å². The maximum atomic E-state index is 8.90. The summed E-state index contributed by atoms with van der Waals surface area (Å²) in [5.74, 6) is 0.0540. The van der Waals surface area contributed by atoms with E-state index in [0.717, 1.165) is 25.1 Å². The second-order valence-electron chi connectivity index (χ2n) is 5.19. The van der Waals surface area contributed by atoms with Crippen LogP contribution in [0.2, 0.25) is 5.02 Å². The lowest BCUT2D eigenvalue weighted by atomic mass is 10.0. The zero-order valence-corrected chi connectivity index (χ0v) is 11.4. The Hall–Kier alpha value is -1.42. The molecule has 0 atom stereocenters. The number of halogens is 1. The summed E-state index contributed by atoms with van der Waals surface area (Å²) in [6.45, 7) is 5.34. The van der Waals surface area contributed by atoms with Crippen molar-refractivity contribution < 1.29 is 5.21 Å². The molecule has 1 aliphatic heterocycles. The first-order chi connectivity index (χ1) is 8.47. The smallest absolute Gasteiger partial charge is 0.173 e. The molecule has 1 aliphatic rings. The van der Waals surface area contributed by atoms with E-state index in [1.165, 1.54) is 0 Å². The lowest BCUT2D eigenvalue weighted by molar-refractivity contribution is 0.318. The molecule has 0 unspecified atom stereocenters. The second kappa shape index (κ2) is 4.69.